The quantitative estimate of drug-likeness (QED) is 0.764. The minimum absolute atomic E-state index is 0. The minimum atomic E-state index is -0.305. The fraction of sp³-hybridized carbons (Fsp3) is 0.923. The van der Waals surface area contributed by atoms with Crippen molar-refractivity contribution in [2.45, 2.75) is 27.2 Å². The Hall–Kier alpha value is -0.810. The summed E-state index contributed by atoms with van der Waals surface area (Å²) in [5.41, 5.74) is 0. The number of piperazine rings is 1. The Bertz CT molecular complexity index is 210. The third kappa shape index (κ3) is 8.31. The molecule has 0 aromatic heterocycles. The van der Waals surface area contributed by atoms with Crippen molar-refractivity contribution >= 4 is 6.09 Å². The molecular formula is C13H31N3O2. The third-order valence-electron chi connectivity index (χ3n) is 2.79. The normalized spacial score (nSPS) is 16.7. The van der Waals surface area contributed by atoms with Crippen molar-refractivity contribution in [2.24, 2.45) is 0 Å². The van der Waals surface area contributed by atoms with Crippen molar-refractivity contribution in [3.05, 3.63) is 0 Å². The van der Waals surface area contributed by atoms with Crippen molar-refractivity contribution in [2.75, 3.05) is 52.9 Å². The van der Waals surface area contributed by atoms with Gasteiger partial charge in [-0.25, -0.2) is 4.79 Å². The van der Waals surface area contributed by atoms with Crippen molar-refractivity contribution in [3.63, 3.8) is 0 Å². The van der Waals surface area contributed by atoms with E-state index in [2.05, 4.69) is 22.2 Å². The Labute approximate surface area is 113 Å². The summed E-state index contributed by atoms with van der Waals surface area (Å²) in [6.45, 7) is 12.6. The third-order valence-corrected chi connectivity index (χ3v) is 2.79. The van der Waals surface area contributed by atoms with Gasteiger partial charge < -0.3 is 19.9 Å². The maximum Gasteiger partial charge on any atom is 0.407 e. The van der Waals surface area contributed by atoms with Crippen LogP contribution in [-0.2, 0) is 4.74 Å². The highest BCUT2D eigenvalue weighted by Crippen LogP contribution is 1.99. The summed E-state index contributed by atoms with van der Waals surface area (Å²) in [4.78, 5) is 15.8. The number of nitrogens with zero attached hydrogens (tertiary/aromatic N) is 2. The number of likely N-dealkylation sites (N-methyl/N-ethyl adjacent to an activating group) is 1. The summed E-state index contributed by atoms with van der Waals surface area (Å²) in [5, 5.41) is 2.73. The molecule has 1 N–H and O–H groups in total. The van der Waals surface area contributed by atoms with Crippen molar-refractivity contribution in [1.82, 2.24) is 15.1 Å². The van der Waals surface area contributed by atoms with E-state index in [1.54, 1.807) is 0 Å². The van der Waals surface area contributed by atoms with E-state index >= 15 is 0 Å². The molecule has 5 nitrogen and oxygen atoms in total. The molecule has 1 amide bonds. The number of nitrogens with one attached hydrogen (secondary N) is 1. The van der Waals surface area contributed by atoms with Crippen LogP contribution in [0.1, 0.15) is 28.6 Å². The van der Waals surface area contributed by atoms with Gasteiger partial charge in [-0.2, -0.15) is 0 Å². The van der Waals surface area contributed by atoms with Crippen LogP contribution in [0.2, 0.25) is 0 Å². The zero-order valence-corrected chi connectivity index (χ0v) is 12.4. The standard InChI is InChI=1S/C11H23N3O2.C2H6.H2/c1-3-16-11(15)12-5-4-6-14-9-7-13(2)8-10-14;1-2;/h3-10H2,1-2H3,(H,12,15);1-2H3;1H. The molecular weight excluding hydrogens is 230 g/mol. The van der Waals surface area contributed by atoms with Crippen LogP contribution < -0.4 is 5.32 Å². The van der Waals surface area contributed by atoms with Crippen molar-refractivity contribution in [1.29, 1.82) is 0 Å². The van der Waals surface area contributed by atoms with Crippen LogP contribution in [-0.4, -0.2) is 68.8 Å². The lowest BCUT2D eigenvalue weighted by Gasteiger charge is -2.32. The highest BCUT2D eigenvalue weighted by Gasteiger charge is 2.12. The summed E-state index contributed by atoms with van der Waals surface area (Å²) in [6.07, 6.45) is 0.684. The molecule has 1 aliphatic heterocycles. The molecule has 0 aromatic rings. The molecule has 0 atom stereocenters. The molecule has 1 heterocycles. The second kappa shape index (κ2) is 11.3. The number of rotatable bonds is 5. The first-order valence-corrected chi connectivity index (χ1v) is 7.04. The molecule has 0 radical (unpaired) electrons. The molecule has 1 rings (SSSR count). The summed E-state index contributed by atoms with van der Waals surface area (Å²) < 4.78 is 4.78. The molecule has 1 aliphatic rings. The first kappa shape index (κ1) is 17.2. The number of carbonyl (C=O) groups is 1. The summed E-state index contributed by atoms with van der Waals surface area (Å²) >= 11 is 0. The Morgan fingerprint density at radius 2 is 1.89 bits per heavy atom. The summed E-state index contributed by atoms with van der Waals surface area (Å²) in [6, 6.07) is 0. The molecule has 110 valence electrons. The van der Waals surface area contributed by atoms with Crippen LogP contribution in [0.4, 0.5) is 4.79 Å². The van der Waals surface area contributed by atoms with Crippen molar-refractivity contribution < 1.29 is 11.0 Å². The zero-order valence-electron chi connectivity index (χ0n) is 12.4. The molecule has 0 saturated carbocycles. The average Bonchev–Trinajstić information content (AvgIpc) is 2.39. The molecule has 0 unspecified atom stereocenters. The lowest BCUT2D eigenvalue weighted by molar-refractivity contribution is 0.145. The second-order valence-corrected chi connectivity index (χ2v) is 4.15. The van der Waals surface area contributed by atoms with Gasteiger partial charge in [0.1, 0.15) is 0 Å². The van der Waals surface area contributed by atoms with E-state index in [0.29, 0.717) is 13.2 Å². The SMILES string of the molecule is CC.CCOC(=O)NCCCN1CCN(C)CC1.[HH]. The van der Waals surface area contributed by atoms with Gasteiger partial charge >= 0.3 is 6.09 Å². The lowest BCUT2D eigenvalue weighted by Crippen LogP contribution is -2.45. The van der Waals surface area contributed by atoms with Gasteiger partial charge in [0.2, 0.25) is 0 Å². The number of amides is 1. The van der Waals surface area contributed by atoms with Crippen molar-refractivity contribution in [3.8, 4) is 0 Å². The predicted molar refractivity (Wildman–Crippen MR) is 77.0 cm³/mol. The first-order chi connectivity index (χ1) is 8.72. The van der Waals surface area contributed by atoms with Gasteiger partial charge in [-0.05, 0) is 26.9 Å². The van der Waals surface area contributed by atoms with E-state index in [-0.39, 0.29) is 7.52 Å². The van der Waals surface area contributed by atoms with E-state index in [4.69, 9.17) is 4.74 Å². The van der Waals surface area contributed by atoms with E-state index < -0.39 is 0 Å². The van der Waals surface area contributed by atoms with E-state index in [0.717, 1.165) is 39.1 Å². The van der Waals surface area contributed by atoms with E-state index in [1.165, 1.54) is 0 Å². The highest BCUT2D eigenvalue weighted by atomic mass is 16.5. The number of ether oxygens (including phenoxy) is 1. The number of hydrogen-bond acceptors (Lipinski definition) is 4. The number of hydrogen-bond donors (Lipinski definition) is 1. The Balaban J connectivity index is 0. The molecule has 0 bridgehead atoms. The van der Waals surface area contributed by atoms with Gasteiger partial charge in [0.25, 0.3) is 0 Å². The van der Waals surface area contributed by atoms with Crippen LogP contribution in [0.3, 0.4) is 0 Å². The molecule has 5 heteroatoms. The molecule has 0 aromatic carbocycles. The minimum Gasteiger partial charge on any atom is -0.450 e. The Kier molecular flexibility index (Phi) is 10.8. The zero-order chi connectivity index (χ0) is 13.8. The monoisotopic (exact) mass is 261 g/mol. The number of alkyl carbamates (subject to hydrolysis) is 1. The fourth-order valence-electron chi connectivity index (χ4n) is 1.75. The van der Waals surface area contributed by atoms with Gasteiger partial charge in [-0.15, -0.1) is 0 Å². The second-order valence-electron chi connectivity index (χ2n) is 4.15. The number of carbonyl (C=O) groups excluding carboxylic acids is 1. The van der Waals surface area contributed by atoms with E-state index in [9.17, 15) is 4.79 Å². The van der Waals surface area contributed by atoms with Crippen LogP contribution in [0.15, 0.2) is 0 Å². The first-order valence-electron chi connectivity index (χ1n) is 7.04. The predicted octanol–water partition coefficient (Wildman–Crippen LogP) is 1.64. The van der Waals surface area contributed by atoms with Crippen LogP contribution >= 0.6 is 0 Å². The smallest absolute Gasteiger partial charge is 0.407 e. The Morgan fingerprint density at radius 1 is 1.28 bits per heavy atom. The van der Waals surface area contributed by atoms with Crippen LogP contribution in [0.5, 0.6) is 0 Å². The largest absolute Gasteiger partial charge is 0.450 e. The molecule has 0 spiro atoms. The van der Waals surface area contributed by atoms with Gasteiger partial charge in [0, 0.05) is 34.2 Å². The van der Waals surface area contributed by atoms with Gasteiger partial charge in [-0.3, -0.25) is 0 Å². The van der Waals surface area contributed by atoms with Crippen LogP contribution in [0, 0.1) is 0 Å². The molecule has 18 heavy (non-hydrogen) atoms. The van der Waals surface area contributed by atoms with E-state index in [1.807, 2.05) is 20.8 Å². The average molecular weight is 261 g/mol. The van der Waals surface area contributed by atoms with Crippen LogP contribution in [0.25, 0.3) is 0 Å². The summed E-state index contributed by atoms with van der Waals surface area (Å²) in [5.74, 6) is 0. The molecule has 1 saturated heterocycles. The Morgan fingerprint density at radius 3 is 2.44 bits per heavy atom. The summed E-state index contributed by atoms with van der Waals surface area (Å²) in [7, 11) is 2.15. The topological polar surface area (TPSA) is 44.8 Å². The van der Waals surface area contributed by atoms with Gasteiger partial charge in [-0.1, -0.05) is 13.8 Å². The highest BCUT2D eigenvalue weighted by molar-refractivity contribution is 5.66. The molecule has 1 fully saturated rings. The van der Waals surface area contributed by atoms with Gasteiger partial charge in [0.15, 0.2) is 0 Å². The lowest BCUT2D eigenvalue weighted by atomic mass is 10.3. The fourth-order valence-corrected chi connectivity index (χ4v) is 1.75. The maximum absolute atomic E-state index is 11.0. The molecule has 0 aliphatic carbocycles. The maximum atomic E-state index is 11.0. The van der Waals surface area contributed by atoms with Gasteiger partial charge in [0.05, 0.1) is 6.61 Å².